The number of rotatable bonds is 4. The predicted molar refractivity (Wildman–Crippen MR) is 81.6 cm³/mol. The normalized spacial score (nSPS) is 12.0. The van der Waals surface area contributed by atoms with Crippen LogP contribution in [0.4, 0.5) is 5.88 Å². The number of carbonyl (C=O) groups excluding carboxylic acids is 1. The Labute approximate surface area is 134 Å². The molecule has 3 aromatic rings. The van der Waals surface area contributed by atoms with Crippen molar-refractivity contribution < 1.29 is 18.9 Å². The smallest absolute Gasteiger partial charge is 0.433 e. The lowest BCUT2D eigenvalue weighted by Crippen LogP contribution is -2.17. The van der Waals surface area contributed by atoms with Crippen molar-refractivity contribution in [2.75, 3.05) is 0 Å². The highest BCUT2D eigenvalue weighted by atomic mass is 16.7. The van der Waals surface area contributed by atoms with Crippen molar-refractivity contribution in [1.82, 2.24) is 9.97 Å². The predicted octanol–water partition coefficient (Wildman–Crippen LogP) is 2.34. The molecule has 1 aromatic carbocycles. The summed E-state index contributed by atoms with van der Waals surface area (Å²) in [6, 6.07) is 8.94. The van der Waals surface area contributed by atoms with Crippen LogP contribution in [0, 0.1) is 10.1 Å². The van der Waals surface area contributed by atoms with E-state index in [0.29, 0.717) is 10.9 Å². The Hall–Kier alpha value is -3.49. The number of H-pyrrole nitrogens is 1. The second-order valence-electron chi connectivity index (χ2n) is 4.91. The molecule has 0 aliphatic rings. The molecule has 0 radical (unpaired) electrons. The molecule has 0 aliphatic carbocycles. The van der Waals surface area contributed by atoms with E-state index in [4.69, 9.17) is 9.15 Å². The number of aromatic nitrogens is 2. The zero-order chi connectivity index (χ0) is 17.3. The van der Waals surface area contributed by atoms with Crippen molar-refractivity contribution in [2.24, 2.45) is 0 Å². The number of hydrogen-bond donors (Lipinski definition) is 1. The second kappa shape index (κ2) is 5.95. The fourth-order valence-corrected chi connectivity index (χ4v) is 2.11. The molecule has 24 heavy (non-hydrogen) atoms. The summed E-state index contributed by atoms with van der Waals surface area (Å²) < 4.78 is 9.90. The number of hydrogen-bond acceptors (Lipinski definition) is 7. The summed E-state index contributed by atoms with van der Waals surface area (Å²) in [5.41, 5.74) is 0.111. The van der Waals surface area contributed by atoms with E-state index in [2.05, 4.69) is 9.97 Å². The second-order valence-corrected chi connectivity index (χ2v) is 4.91. The number of carbonyl (C=O) groups is 1. The molecule has 9 heteroatoms. The number of ether oxygens (including phenoxy) is 1. The van der Waals surface area contributed by atoms with Gasteiger partial charge in [0.1, 0.15) is 4.92 Å². The summed E-state index contributed by atoms with van der Waals surface area (Å²) in [7, 11) is 0. The maximum atomic E-state index is 12.0. The SMILES string of the molecule is C[C@H](OC(=O)c1ccc([N+](=O)[O-])o1)c1nc2ccccc2c(=O)[nH]1. The highest BCUT2D eigenvalue weighted by Gasteiger charge is 2.22. The van der Waals surface area contributed by atoms with Crippen molar-refractivity contribution in [3.8, 4) is 0 Å². The third kappa shape index (κ3) is 2.86. The maximum absolute atomic E-state index is 12.0. The number of nitrogens with zero attached hydrogens (tertiary/aromatic N) is 2. The van der Waals surface area contributed by atoms with Crippen LogP contribution in [0.15, 0.2) is 45.6 Å². The van der Waals surface area contributed by atoms with Gasteiger partial charge in [-0.05, 0) is 25.1 Å². The summed E-state index contributed by atoms with van der Waals surface area (Å²) in [4.78, 5) is 40.5. The van der Waals surface area contributed by atoms with E-state index in [-0.39, 0.29) is 17.1 Å². The van der Waals surface area contributed by atoms with E-state index in [9.17, 15) is 19.7 Å². The van der Waals surface area contributed by atoms with Crippen LogP contribution in [0.2, 0.25) is 0 Å². The molecule has 2 heterocycles. The van der Waals surface area contributed by atoms with E-state index >= 15 is 0 Å². The van der Waals surface area contributed by atoms with Crippen LogP contribution in [-0.2, 0) is 4.74 Å². The number of esters is 1. The van der Waals surface area contributed by atoms with Gasteiger partial charge in [0.05, 0.1) is 17.0 Å². The Morgan fingerprint density at radius 1 is 1.33 bits per heavy atom. The van der Waals surface area contributed by atoms with Gasteiger partial charge in [-0.3, -0.25) is 14.9 Å². The maximum Gasteiger partial charge on any atom is 0.433 e. The number of nitro groups is 1. The lowest BCUT2D eigenvalue weighted by atomic mass is 10.2. The fourth-order valence-electron chi connectivity index (χ4n) is 2.11. The van der Waals surface area contributed by atoms with Gasteiger partial charge >= 0.3 is 11.9 Å². The minimum atomic E-state index is -0.897. The number of furan rings is 1. The highest BCUT2D eigenvalue weighted by molar-refractivity contribution is 5.86. The van der Waals surface area contributed by atoms with Crippen LogP contribution in [-0.4, -0.2) is 20.9 Å². The van der Waals surface area contributed by atoms with Gasteiger partial charge in [-0.1, -0.05) is 12.1 Å². The summed E-state index contributed by atoms with van der Waals surface area (Å²) in [6.07, 6.45) is -0.876. The van der Waals surface area contributed by atoms with Gasteiger partial charge < -0.3 is 14.1 Å². The van der Waals surface area contributed by atoms with Gasteiger partial charge in [0.2, 0.25) is 5.76 Å². The van der Waals surface area contributed by atoms with Crippen LogP contribution in [0.1, 0.15) is 29.4 Å². The molecular weight excluding hydrogens is 318 g/mol. The van der Waals surface area contributed by atoms with Gasteiger partial charge in [-0.2, -0.15) is 0 Å². The van der Waals surface area contributed by atoms with Gasteiger partial charge in [-0.25, -0.2) is 9.78 Å². The summed E-state index contributed by atoms with van der Waals surface area (Å²) in [6.45, 7) is 1.52. The molecule has 0 fully saturated rings. The molecule has 9 nitrogen and oxygen atoms in total. The fraction of sp³-hybridized carbons (Fsp3) is 0.133. The number of nitrogens with one attached hydrogen (secondary N) is 1. The molecule has 0 saturated carbocycles. The average Bonchev–Trinajstić information content (AvgIpc) is 3.05. The van der Waals surface area contributed by atoms with E-state index < -0.39 is 22.9 Å². The first kappa shape index (κ1) is 15.4. The van der Waals surface area contributed by atoms with E-state index in [1.54, 1.807) is 24.3 Å². The Morgan fingerprint density at radius 3 is 2.79 bits per heavy atom. The Morgan fingerprint density at radius 2 is 2.08 bits per heavy atom. The highest BCUT2D eigenvalue weighted by Crippen LogP contribution is 2.20. The number of aromatic amines is 1. The summed E-state index contributed by atoms with van der Waals surface area (Å²) in [5.74, 6) is -1.61. The quantitative estimate of drug-likeness (QED) is 0.442. The molecule has 0 bridgehead atoms. The molecule has 1 N–H and O–H groups in total. The van der Waals surface area contributed by atoms with Crippen LogP contribution in [0.5, 0.6) is 0 Å². The van der Waals surface area contributed by atoms with Crippen LogP contribution >= 0.6 is 0 Å². The monoisotopic (exact) mass is 329 g/mol. The van der Waals surface area contributed by atoms with Crippen molar-refractivity contribution in [1.29, 1.82) is 0 Å². The van der Waals surface area contributed by atoms with Crippen LogP contribution in [0.3, 0.4) is 0 Å². The third-order valence-electron chi connectivity index (χ3n) is 3.27. The molecule has 1 atom stereocenters. The Balaban J connectivity index is 1.83. The van der Waals surface area contributed by atoms with Crippen LogP contribution in [0.25, 0.3) is 10.9 Å². The van der Waals surface area contributed by atoms with Gasteiger partial charge in [0.25, 0.3) is 5.56 Å². The largest absolute Gasteiger partial charge is 0.449 e. The van der Waals surface area contributed by atoms with E-state index in [1.165, 1.54) is 6.92 Å². The molecule has 2 aromatic heterocycles. The minimum absolute atomic E-state index is 0.160. The number of fused-ring (bicyclic) bond motifs is 1. The Kier molecular flexibility index (Phi) is 3.82. The van der Waals surface area contributed by atoms with Crippen molar-refractivity contribution in [2.45, 2.75) is 13.0 Å². The molecule has 0 amide bonds. The van der Waals surface area contributed by atoms with Gasteiger partial charge in [0.15, 0.2) is 11.9 Å². The van der Waals surface area contributed by atoms with Crippen molar-refractivity contribution in [3.05, 3.63) is 68.5 Å². The third-order valence-corrected chi connectivity index (χ3v) is 3.27. The lowest BCUT2D eigenvalue weighted by Gasteiger charge is -2.11. The standard InChI is InChI=1S/C15H11N3O6/c1-8(23-15(20)11-6-7-12(24-11)18(21)22)13-16-10-5-3-2-4-9(10)14(19)17-13/h2-8H,1H3,(H,16,17,19)/t8-/m0/s1. The molecular formula is C15H11N3O6. The van der Waals surface area contributed by atoms with Gasteiger partial charge in [0, 0.05) is 0 Å². The van der Waals surface area contributed by atoms with Crippen LogP contribution < -0.4 is 5.56 Å². The first-order chi connectivity index (χ1) is 11.5. The molecule has 0 spiro atoms. The minimum Gasteiger partial charge on any atom is -0.449 e. The van der Waals surface area contributed by atoms with Gasteiger partial charge in [-0.15, -0.1) is 0 Å². The first-order valence-corrected chi connectivity index (χ1v) is 6.90. The summed E-state index contributed by atoms with van der Waals surface area (Å²) in [5, 5.41) is 11.0. The molecule has 0 aliphatic heterocycles. The average molecular weight is 329 g/mol. The topological polar surface area (TPSA) is 128 Å². The zero-order valence-corrected chi connectivity index (χ0v) is 12.4. The van der Waals surface area contributed by atoms with E-state index in [0.717, 1.165) is 12.1 Å². The molecule has 0 saturated heterocycles. The van der Waals surface area contributed by atoms with Crippen molar-refractivity contribution in [3.63, 3.8) is 0 Å². The van der Waals surface area contributed by atoms with Crippen molar-refractivity contribution >= 4 is 22.8 Å². The van der Waals surface area contributed by atoms with E-state index in [1.807, 2.05) is 0 Å². The molecule has 3 rings (SSSR count). The summed E-state index contributed by atoms with van der Waals surface area (Å²) >= 11 is 0. The number of para-hydroxylation sites is 1. The molecule has 0 unspecified atom stereocenters. The number of benzene rings is 1. The first-order valence-electron chi connectivity index (χ1n) is 6.90. The lowest BCUT2D eigenvalue weighted by molar-refractivity contribution is -0.402. The Bertz CT molecular complexity index is 990. The molecule has 122 valence electrons. The zero-order valence-electron chi connectivity index (χ0n) is 12.4.